The van der Waals surface area contributed by atoms with E-state index in [4.69, 9.17) is 4.74 Å². The number of aryl methyl sites for hydroxylation is 2. The Morgan fingerprint density at radius 2 is 1.68 bits per heavy atom. The van der Waals surface area contributed by atoms with Crippen LogP contribution >= 0.6 is 0 Å². The highest BCUT2D eigenvalue weighted by Crippen LogP contribution is 2.48. The van der Waals surface area contributed by atoms with E-state index < -0.39 is 29.4 Å². The Balaban J connectivity index is 1.86. The molecule has 2 heterocycles. The van der Waals surface area contributed by atoms with Crippen LogP contribution in [0.15, 0.2) is 54.6 Å². The van der Waals surface area contributed by atoms with Crippen molar-refractivity contribution in [3.63, 3.8) is 0 Å². The van der Waals surface area contributed by atoms with Crippen molar-refractivity contribution in [3.8, 4) is 5.75 Å². The van der Waals surface area contributed by atoms with Gasteiger partial charge in [-0.1, -0.05) is 84.0 Å². The van der Waals surface area contributed by atoms with E-state index in [0.717, 1.165) is 22.6 Å². The molecular weight excluding hydrogens is 516 g/mol. The Hall–Kier alpha value is -3.65. The van der Waals surface area contributed by atoms with Gasteiger partial charge in [0.15, 0.2) is 5.69 Å². The molecular formula is C33H44N4O4. The van der Waals surface area contributed by atoms with Crippen molar-refractivity contribution >= 4 is 11.9 Å². The molecule has 4 rings (SSSR count). The van der Waals surface area contributed by atoms with Gasteiger partial charge in [0, 0.05) is 36.8 Å². The van der Waals surface area contributed by atoms with Crippen LogP contribution in [0.25, 0.3) is 0 Å². The number of benzene rings is 2. The van der Waals surface area contributed by atoms with Crippen molar-refractivity contribution < 1.29 is 19.4 Å². The Bertz CT molecular complexity index is 1380. The first-order valence-electron chi connectivity index (χ1n) is 14.2. The lowest BCUT2D eigenvalue weighted by Gasteiger charge is -2.35. The summed E-state index contributed by atoms with van der Waals surface area (Å²) in [6.07, 6.45) is 0. The third-order valence-corrected chi connectivity index (χ3v) is 8.30. The van der Waals surface area contributed by atoms with Crippen molar-refractivity contribution in [1.29, 1.82) is 0 Å². The second-order valence-electron chi connectivity index (χ2n) is 13.2. The first kappa shape index (κ1) is 30.3. The molecule has 41 heavy (non-hydrogen) atoms. The second kappa shape index (κ2) is 11.3. The zero-order valence-electron chi connectivity index (χ0n) is 25.7. The Morgan fingerprint density at radius 1 is 1.02 bits per heavy atom. The van der Waals surface area contributed by atoms with Gasteiger partial charge in [0.1, 0.15) is 11.8 Å². The van der Waals surface area contributed by atoms with E-state index in [1.165, 1.54) is 5.56 Å². The number of carbonyl (C=O) groups is 2. The van der Waals surface area contributed by atoms with E-state index in [1.807, 2.05) is 64.1 Å². The maximum absolute atomic E-state index is 14.2. The summed E-state index contributed by atoms with van der Waals surface area (Å²) in [5, 5.41) is 18.8. The lowest BCUT2D eigenvalue weighted by molar-refractivity contribution is -0.144. The molecule has 0 aliphatic carbocycles. The molecule has 3 aromatic rings. The molecule has 1 amide bonds. The average molecular weight is 561 g/mol. The standard InChI is InChI=1S/C33H44N4O4/c1-20-17-24(35-36(20)8)30(38)37-28(21-13-11-10-12-14-21)27(26(33(5,6)7)29(37)31(39)40)34-19-22-18-23(32(2,3)4)15-16-25(22)41-9/h10-18,26-29,34H,19H2,1-9H3,(H,39,40)/t26-,27-,28-,29-/m0/s1. The number of amides is 1. The summed E-state index contributed by atoms with van der Waals surface area (Å²) in [6, 6.07) is 15.7. The molecule has 8 nitrogen and oxygen atoms in total. The molecule has 1 fully saturated rings. The molecule has 0 radical (unpaired) electrons. The maximum atomic E-state index is 14.2. The van der Waals surface area contributed by atoms with Crippen LogP contribution < -0.4 is 10.1 Å². The van der Waals surface area contributed by atoms with E-state index >= 15 is 0 Å². The quantitative estimate of drug-likeness (QED) is 0.396. The van der Waals surface area contributed by atoms with Crippen molar-refractivity contribution in [1.82, 2.24) is 20.0 Å². The van der Waals surface area contributed by atoms with Crippen LogP contribution in [0.3, 0.4) is 0 Å². The summed E-state index contributed by atoms with van der Waals surface area (Å²) < 4.78 is 7.36. The number of likely N-dealkylation sites (tertiary alicyclic amines) is 1. The highest BCUT2D eigenvalue weighted by atomic mass is 16.5. The van der Waals surface area contributed by atoms with Crippen molar-refractivity contribution in [2.24, 2.45) is 18.4 Å². The number of nitrogens with zero attached hydrogens (tertiary/aromatic N) is 3. The Kier molecular flexibility index (Phi) is 8.37. The molecule has 0 unspecified atom stereocenters. The summed E-state index contributed by atoms with van der Waals surface area (Å²) in [5.74, 6) is -1.06. The van der Waals surface area contributed by atoms with Gasteiger partial charge in [-0.3, -0.25) is 9.48 Å². The summed E-state index contributed by atoms with van der Waals surface area (Å²) in [4.78, 5) is 28.8. The van der Waals surface area contributed by atoms with E-state index in [-0.39, 0.29) is 23.1 Å². The zero-order chi connectivity index (χ0) is 30.3. The second-order valence-corrected chi connectivity index (χ2v) is 13.2. The molecule has 1 aliphatic heterocycles. The number of carboxylic acid groups (broad SMARTS) is 1. The maximum Gasteiger partial charge on any atom is 0.326 e. The smallest absolute Gasteiger partial charge is 0.326 e. The lowest BCUT2D eigenvalue weighted by atomic mass is 9.72. The van der Waals surface area contributed by atoms with Crippen LogP contribution in [0, 0.1) is 18.3 Å². The summed E-state index contributed by atoms with van der Waals surface area (Å²) in [7, 11) is 3.44. The fraction of sp³-hybridized carbons (Fsp3) is 0.485. The summed E-state index contributed by atoms with van der Waals surface area (Å²) in [5.41, 5.74) is 3.61. The van der Waals surface area contributed by atoms with Gasteiger partial charge in [-0.05, 0) is 41.0 Å². The number of hydrogen-bond donors (Lipinski definition) is 2. The van der Waals surface area contributed by atoms with Crippen molar-refractivity contribution in [2.75, 3.05) is 7.11 Å². The third kappa shape index (κ3) is 6.03. The van der Waals surface area contributed by atoms with Crippen LogP contribution in [0.5, 0.6) is 5.75 Å². The number of rotatable bonds is 7. The van der Waals surface area contributed by atoms with E-state index in [1.54, 1.807) is 29.8 Å². The topological polar surface area (TPSA) is 96.7 Å². The van der Waals surface area contributed by atoms with Crippen LogP contribution in [0.4, 0.5) is 0 Å². The largest absolute Gasteiger partial charge is 0.496 e. The fourth-order valence-corrected chi connectivity index (χ4v) is 6.11. The SMILES string of the molecule is COc1ccc(C(C)(C)C)cc1CN[C@H]1[C@H](C(C)(C)C)[C@@H](C(=O)O)N(C(=O)c2cc(C)n(C)n2)[C@H]1c1ccccc1. The zero-order valence-corrected chi connectivity index (χ0v) is 25.7. The third-order valence-electron chi connectivity index (χ3n) is 8.30. The number of carboxylic acids is 1. The highest BCUT2D eigenvalue weighted by molar-refractivity contribution is 5.96. The summed E-state index contributed by atoms with van der Waals surface area (Å²) >= 11 is 0. The molecule has 1 aliphatic rings. The molecule has 0 bridgehead atoms. The number of carbonyl (C=O) groups excluding carboxylic acids is 1. The van der Waals surface area contributed by atoms with Gasteiger partial charge in [-0.25, -0.2) is 4.79 Å². The van der Waals surface area contributed by atoms with E-state index in [9.17, 15) is 14.7 Å². The minimum Gasteiger partial charge on any atom is -0.496 e. The molecule has 0 saturated carbocycles. The number of methoxy groups -OCH3 is 1. The average Bonchev–Trinajstić information content (AvgIpc) is 3.43. The van der Waals surface area contributed by atoms with Gasteiger partial charge in [-0.2, -0.15) is 5.10 Å². The first-order chi connectivity index (χ1) is 19.1. The molecule has 0 spiro atoms. The van der Waals surface area contributed by atoms with Gasteiger partial charge in [0.2, 0.25) is 0 Å². The molecule has 2 N–H and O–H groups in total. The minimum atomic E-state index is -1.06. The fourth-order valence-electron chi connectivity index (χ4n) is 6.11. The lowest BCUT2D eigenvalue weighted by Crippen LogP contribution is -2.48. The molecule has 4 atom stereocenters. The normalized spacial score (nSPS) is 21.2. The molecule has 220 valence electrons. The predicted molar refractivity (Wildman–Crippen MR) is 160 cm³/mol. The van der Waals surface area contributed by atoms with Crippen LogP contribution in [-0.4, -0.2) is 50.9 Å². The van der Waals surface area contributed by atoms with Crippen LogP contribution in [0.1, 0.15) is 80.5 Å². The van der Waals surface area contributed by atoms with Gasteiger partial charge in [0.05, 0.1) is 13.2 Å². The van der Waals surface area contributed by atoms with Gasteiger partial charge >= 0.3 is 5.97 Å². The number of hydrogen-bond acceptors (Lipinski definition) is 5. The van der Waals surface area contributed by atoms with Gasteiger partial charge in [0.25, 0.3) is 5.91 Å². The number of aromatic nitrogens is 2. The molecule has 1 aromatic heterocycles. The first-order valence-corrected chi connectivity index (χ1v) is 14.2. The molecule has 2 aromatic carbocycles. The Labute approximate surface area is 243 Å². The summed E-state index contributed by atoms with van der Waals surface area (Å²) in [6.45, 7) is 15.0. The van der Waals surface area contributed by atoms with Crippen LogP contribution in [0.2, 0.25) is 0 Å². The van der Waals surface area contributed by atoms with Crippen LogP contribution in [-0.2, 0) is 23.8 Å². The minimum absolute atomic E-state index is 0.0483. The van der Waals surface area contributed by atoms with E-state index in [2.05, 4.69) is 43.3 Å². The van der Waals surface area contributed by atoms with Gasteiger partial charge < -0.3 is 20.1 Å². The van der Waals surface area contributed by atoms with E-state index in [0.29, 0.717) is 6.54 Å². The Morgan fingerprint density at radius 3 is 2.20 bits per heavy atom. The predicted octanol–water partition coefficient (Wildman–Crippen LogP) is 5.51. The highest BCUT2D eigenvalue weighted by Gasteiger charge is 2.58. The number of aliphatic carboxylic acids is 1. The van der Waals surface area contributed by atoms with Crippen molar-refractivity contribution in [2.45, 2.75) is 78.6 Å². The monoisotopic (exact) mass is 560 g/mol. The molecule has 1 saturated heterocycles. The van der Waals surface area contributed by atoms with Crippen molar-refractivity contribution in [3.05, 3.63) is 82.7 Å². The van der Waals surface area contributed by atoms with Gasteiger partial charge in [-0.15, -0.1) is 0 Å². The number of ether oxygens (including phenoxy) is 1. The number of nitrogens with one attached hydrogen (secondary N) is 1. The molecule has 8 heteroatoms.